The Morgan fingerprint density at radius 2 is 1.52 bits per heavy atom. The maximum absolute atomic E-state index is 12.3. The molecule has 0 amide bonds. The molecule has 0 saturated heterocycles. The molecule has 1 aromatic heterocycles. The van der Waals surface area contributed by atoms with Crippen LogP contribution in [-0.4, -0.2) is 19.2 Å². The lowest BCUT2D eigenvalue weighted by Gasteiger charge is -2.06. The molecule has 3 aromatic rings. The van der Waals surface area contributed by atoms with Gasteiger partial charge in [0, 0.05) is 11.6 Å². The highest BCUT2D eigenvalue weighted by Crippen LogP contribution is 2.24. The molecule has 4 nitrogen and oxygen atoms in total. The van der Waals surface area contributed by atoms with Crippen molar-refractivity contribution in [3.63, 3.8) is 0 Å². The first-order chi connectivity index (χ1) is 10.2. The highest BCUT2D eigenvalue weighted by molar-refractivity contribution is 5.84. The topological polar surface area (TPSA) is 51.3 Å². The van der Waals surface area contributed by atoms with Crippen molar-refractivity contribution in [3.8, 4) is 22.6 Å². The lowest BCUT2D eigenvalue weighted by atomic mass is 10.0. The number of hydrogen-bond acceptors (Lipinski definition) is 3. The van der Waals surface area contributed by atoms with Crippen LogP contribution in [0.1, 0.15) is 0 Å². The Labute approximate surface area is 122 Å². The summed E-state index contributed by atoms with van der Waals surface area (Å²) in [7, 11) is 3.22. The molecule has 0 spiro atoms. The summed E-state index contributed by atoms with van der Waals surface area (Å²) >= 11 is 0. The molecule has 1 N–H and O–H groups in total. The van der Waals surface area contributed by atoms with Crippen LogP contribution in [0.3, 0.4) is 0 Å². The van der Waals surface area contributed by atoms with Gasteiger partial charge in [-0.2, -0.15) is 0 Å². The van der Waals surface area contributed by atoms with Crippen molar-refractivity contribution in [2.45, 2.75) is 0 Å². The number of ether oxygens (including phenoxy) is 2. The van der Waals surface area contributed by atoms with Crippen LogP contribution in [-0.2, 0) is 0 Å². The van der Waals surface area contributed by atoms with Gasteiger partial charge in [0.15, 0.2) is 0 Å². The number of nitrogens with one attached hydrogen (secondary N) is 1. The number of hydrogen-bond donors (Lipinski definition) is 1. The number of rotatable bonds is 3. The second-order valence-electron chi connectivity index (χ2n) is 4.69. The van der Waals surface area contributed by atoms with Gasteiger partial charge in [-0.05, 0) is 41.3 Å². The normalized spacial score (nSPS) is 10.6. The van der Waals surface area contributed by atoms with E-state index in [0.717, 1.165) is 28.0 Å². The van der Waals surface area contributed by atoms with Crippen molar-refractivity contribution in [2.24, 2.45) is 0 Å². The SMILES string of the molecule is COc1ccc(-c2cc3ccc(OC)cc3[nH]c2=O)cc1. The maximum atomic E-state index is 12.3. The van der Waals surface area contributed by atoms with Crippen LogP contribution >= 0.6 is 0 Å². The Hall–Kier alpha value is -2.75. The van der Waals surface area contributed by atoms with E-state index in [4.69, 9.17) is 9.47 Å². The van der Waals surface area contributed by atoms with Gasteiger partial charge in [0.2, 0.25) is 0 Å². The molecule has 0 aliphatic carbocycles. The molecule has 0 radical (unpaired) electrons. The van der Waals surface area contributed by atoms with Gasteiger partial charge in [-0.1, -0.05) is 12.1 Å². The molecule has 106 valence electrons. The second kappa shape index (κ2) is 5.32. The van der Waals surface area contributed by atoms with Gasteiger partial charge in [0.05, 0.1) is 19.7 Å². The Balaban J connectivity index is 2.14. The summed E-state index contributed by atoms with van der Waals surface area (Å²) < 4.78 is 10.3. The standard InChI is InChI=1S/C17H15NO3/c1-20-13-6-3-11(4-7-13)15-9-12-5-8-14(21-2)10-16(12)18-17(15)19/h3-10H,1-2H3,(H,18,19). The van der Waals surface area contributed by atoms with Crippen molar-refractivity contribution in [3.05, 3.63) is 58.9 Å². The van der Waals surface area contributed by atoms with Crippen LogP contribution in [0, 0.1) is 0 Å². The smallest absolute Gasteiger partial charge is 0.256 e. The zero-order valence-electron chi connectivity index (χ0n) is 11.8. The number of H-pyrrole nitrogens is 1. The third kappa shape index (κ3) is 2.48. The molecule has 0 atom stereocenters. The first-order valence-electron chi connectivity index (χ1n) is 6.57. The van der Waals surface area contributed by atoms with Crippen molar-refractivity contribution in [1.29, 1.82) is 0 Å². The third-order valence-electron chi connectivity index (χ3n) is 3.45. The van der Waals surface area contributed by atoms with E-state index < -0.39 is 0 Å². The highest BCUT2D eigenvalue weighted by atomic mass is 16.5. The Bertz CT molecular complexity index is 835. The molecule has 0 aliphatic rings. The number of fused-ring (bicyclic) bond motifs is 1. The van der Waals surface area contributed by atoms with Gasteiger partial charge >= 0.3 is 0 Å². The van der Waals surface area contributed by atoms with Crippen LogP contribution in [0.2, 0.25) is 0 Å². The van der Waals surface area contributed by atoms with Crippen LogP contribution in [0.4, 0.5) is 0 Å². The fourth-order valence-corrected chi connectivity index (χ4v) is 2.29. The fourth-order valence-electron chi connectivity index (χ4n) is 2.29. The van der Waals surface area contributed by atoms with Crippen molar-refractivity contribution in [2.75, 3.05) is 14.2 Å². The monoisotopic (exact) mass is 281 g/mol. The van der Waals surface area contributed by atoms with E-state index in [2.05, 4.69) is 4.98 Å². The largest absolute Gasteiger partial charge is 0.497 e. The van der Waals surface area contributed by atoms with Crippen LogP contribution in [0.25, 0.3) is 22.0 Å². The molecule has 0 bridgehead atoms. The molecule has 0 saturated carbocycles. The number of aromatic amines is 1. The summed E-state index contributed by atoms with van der Waals surface area (Å²) in [4.78, 5) is 15.2. The van der Waals surface area contributed by atoms with E-state index in [1.54, 1.807) is 14.2 Å². The minimum absolute atomic E-state index is 0.124. The number of pyridine rings is 1. The van der Waals surface area contributed by atoms with E-state index in [0.29, 0.717) is 5.56 Å². The predicted octanol–water partition coefficient (Wildman–Crippen LogP) is 3.21. The second-order valence-corrected chi connectivity index (χ2v) is 4.69. The van der Waals surface area contributed by atoms with Gasteiger partial charge in [0.1, 0.15) is 11.5 Å². The van der Waals surface area contributed by atoms with Crippen molar-refractivity contribution in [1.82, 2.24) is 4.98 Å². The average Bonchev–Trinajstić information content (AvgIpc) is 2.53. The maximum Gasteiger partial charge on any atom is 0.256 e. The quantitative estimate of drug-likeness (QED) is 0.802. The van der Waals surface area contributed by atoms with E-state index >= 15 is 0 Å². The third-order valence-corrected chi connectivity index (χ3v) is 3.45. The summed E-state index contributed by atoms with van der Waals surface area (Å²) in [6, 6.07) is 14.9. The van der Waals surface area contributed by atoms with E-state index in [9.17, 15) is 4.79 Å². The van der Waals surface area contributed by atoms with Crippen molar-refractivity contribution < 1.29 is 9.47 Å². The van der Waals surface area contributed by atoms with Gasteiger partial charge in [-0.3, -0.25) is 4.79 Å². The van der Waals surface area contributed by atoms with E-state index in [1.165, 1.54) is 0 Å². The zero-order valence-corrected chi connectivity index (χ0v) is 11.8. The molecule has 3 rings (SSSR count). The molecule has 1 heterocycles. The number of benzene rings is 2. The van der Waals surface area contributed by atoms with E-state index in [-0.39, 0.29) is 5.56 Å². The van der Waals surface area contributed by atoms with Gasteiger partial charge in [0.25, 0.3) is 5.56 Å². The van der Waals surface area contributed by atoms with Gasteiger partial charge in [-0.15, -0.1) is 0 Å². The number of methoxy groups -OCH3 is 2. The predicted molar refractivity (Wildman–Crippen MR) is 83.1 cm³/mol. The average molecular weight is 281 g/mol. The molecule has 21 heavy (non-hydrogen) atoms. The van der Waals surface area contributed by atoms with Gasteiger partial charge in [-0.25, -0.2) is 0 Å². The lowest BCUT2D eigenvalue weighted by Crippen LogP contribution is -2.08. The molecule has 2 aromatic carbocycles. The molecule has 0 fully saturated rings. The number of aromatic nitrogens is 1. The fraction of sp³-hybridized carbons (Fsp3) is 0.118. The Kier molecular flexibility index (Phi) is 3.36. The van der Waals surface area contributed by atoms with Gasteiger partial charge < -0.3 is 14.5 Å². The molecular formula is C17H15NO3. The summed E-state index contributed by atoms with van der Waals surface area (Å²) in [5.74, 6) is 1.48. The summed E-state index contributed by atoms with van der Waals surface area (Å²) in [5.41, 5.74) is 2.13. The molecule has 0 unspecified atom stereocenters. The first kappa shape index (κ1) is 13.2. The van der Waals surface area contributed by atoms with Crippen LogP contribution < -0.4 is 15.0 Å². The summed E-state index contributed by atoms with van der Waals surface area (Å²) in [5, 5.41) is 0.959. The first-order valence-corrected chi connectivity index (χ1v) is 6.57. The van der Waals surface area contributed by atoms with Crippen LogP contribution in [0.15, 0.2) is 53.3 Å². The zero-order chi connectivity index (χ0) is 14.8. The molecule has 0 aliphatic heterocycles. The van der Waals surface area contributed by atoms with Crippen molar-refractivity contribution >= 4 is 10.9 Å². The Morgan fingerprint density at radius 3 is 2.19 bits per heavy atom. The molecular weight excluding hydrogens is 266 g/mol. The Morgan fingerprint density at radius 1 is 0.857 bits per heavy atom. The van der Waals surface area contributed by atoms with Crippen LogP contribution in [0.5, 0.6) is 11.5 Å². The summed E-state index contributed by atoms with van der Waals surface area (Å²) in [6.07, 6.45) is 0. The molecule has 4 heteroatoms. The summed E-state index contributed by atoms with van der Waals surface area (Å²) in [6.45, 7) is 0. The lowest BCUT2D eigenvalue weighted by molar-refractivity contribution is 0.415. The minimum Gasteiger partial charge on any atom is -0.497 e. The van der Waals surface area contributed by atoms with E-state index in [1.807, 2.05) is 48.5 Å². The minimum atomic E-state index is -0.124. The highest BCUT2D eigenvalue weighted by Gasteiger charge is 2.06.